The molecule has 1 atom stereocenters. The van der Waals surface area contributed by atoms with Crippen LogP contribution in [0.5, 0.6) is 0 Å². The van der Waals surface area contributed by atoms with Crippen LogP contribution in [0, 0.1) is 0 Å². The molecule has 1 amide bonds. The molecule has 138 valence electrons. The van der Waals surface area contributed by atoms with E-state index in [4.69, 9.17) is 0 Å². The van der Waals surface area contributed by atoms with Crippen LogP contribution in [-0.2, 0) is 14.8 Å². The Morgan fingerprint density at radius 1 is 0.962 bits per heavy atom. The molecule has 2 fully saturated rings. The molecule has 6 heteroatoms. The first-order valence-electron chi connectivity index (χ1n) is 9.37. The average molecular weight is 372 g/mol. The van der Waals surface area contributed by atoms with Gasteiger partial charge in [0.25, 0.3) is 0 Å². The summed E-state index contributed by atoms with van der Waals surface area (Å²) in [5.74, 6) is -0.140. The fraction of sp³-hybridized carbons (Fsp3) is 0.450. The van der Waals surface area contributed by atoms with Crippen molar-refractivity contribution in [1.82, 2.24) is 9.62 Å². The minimum Gasteiger partial charge on any atom is -0.352 e. The molecule has 1 saturated carbocycles. The van der Waals surface area contributed by atoms with Crippen LogP contribution in [0.4, 0.5) is 0 Å². The van der Waals surface area contributed by atoms with E-state index in [1.165, 1.54) is 4.31 Å². The summed E-state index contributed by atoms with van der Waals surface area (Å²) in [5, 5.41) is 4.95. The second kappa shape index (κ2) is 7.00. The molecule has 26 heavy (non-hydrogen) atoms. The third-order valence-electron chi connectivity index (χ3n) is 5.54. The van der Waals surface area contributed by atoms with Crippen molar-refractivity contribution in [2.75, 3.05) is 6.54 Å². The van der Waals surface area contributed by atoms with Gasteiger partial charge in [-0.25, -0.2) is 8.42 Å². The third-order valence-corrected chi connectivity index (χ3v) is 7.44. The van der Waals surface area contributed by atoms with Crippen molar-refractivity contribution in [2.24, 2.45) is 0 Å². The zero-order valence-electron chi connectivity index (χ0n) is 14.7. The summed E-state index contributed by atoms with van der Waals surface area (Å²) in [6.07, 6.45) is 5.57. The Labute approximate surface area is 154 Å². The Morgan fingerprint density at radius 3 is 2.46 bits per heavy atom. The van der Waals surface area contributed by atoms with Gasteiger partial charge < -0.3 is 5.32 Å². The molecule has 1 saturated heterocycles. The van der Waals surface area contributed by atoms with Crippen molar-refractivity contribution in [1.29, 1.82) is 0 Å². The van der Waals surface area contributed by atoms with Crippen LogP contribution in [0.25, 0.3) is 10.8 Å². The van der Waals surface area contributed by atoms with Crippen LogP contribution in [0.1, 0.15) is 38.5 Å². The van der Waals surface area contributed by atoms with Crippen LogP contribution in [-0.4, -0.2) is 37.3 Å². The lowest BCUT2D eigenvalue weighted by Gasteiger charge is -2.25. The zero-order chi connectivity index (χ0) is 18.1. The van der Waals surface area contributed by atoms with Gasteiger partial charge in [-0.3, -0.25) is 4.79 Å². The van der Waals surface area contributed by atoms with Gasteiger partial charge >= 0.3 is 0 Å². The second-order valence-electron chi connectivity index (χ2n) is 7.27. The number of carbonyl (C=O) groups is 1. The number of fused-ring (bicyclic) bond motifs is 1. The molecular formula is C20H24N2O3S. The Balaban J connectivity index is 1.59. The molecule has 2 aliphatic rings. The van der Waals surface area contributed by atoms with Gasteiger partial charge in [0, 0.05) is 12.6 Å². The maximum absolute atomic E-state index is 13.2. The summed E-state index contributed by atoms with van der Waals surface area (Å²) in [4.78, 5) is 12.9. The molecule has 2 aromatic carbocycles. The topological polar surface area (TPSA) is 66.5 Å². The fourth-order valence-corrected chi connectivity index (χ4v) is 5.81. The molecule has 1 heterocycles. The van der Waals surface area contributed by atoms with Crippen molar-refractivity contribution in [3.63, 3.8) is 0 Å². The van der Waals surface area contributed by atoms with Crippen LogP contribution in [0.3, 0.4) is 0 Å². The molecule has 5 nitrogen and oxygen atoms in total. The lowest BCUT2D eigenvalue weighted by Crippen LogP contribution is -2.48. The first-order valence-corrected chi connectivity index (χ1v) is 10.8. The average Bonchev–Trinajstić information content (AvgIpc) is 3.33. The number of sulfonamides is 1. The quantitative estimate of drug-likeness (QED) is 0.897. The lowest BCUT2D eigenvalue weighted by molar-refractivity contribution is -0.124. The van der Waals surface area contributed by atoms with Gasteiger partial charge in [-0.05, 0) is 48.6 Å². The van der Waals surface area contributed by atoms with Gasteiger partial charge in [0.1, 0.15) is 6.04 Å². The minimum absolute atomic E-state index is 0.140. The molecule has 0 aromatic heterocycles. The van der Waals surface area contributed by atoms with E-state index in [1.807, 2.05) is 30.3 Å². The standard InChI is InChI=1S/C20H24N2O3S/c23-20(21-17-8-3-4-9-17)19-10-5-13-22(19)26(24,25)18-12-11-15-6-1-2-7-16(15)14-18/h1-2,6-7,11-12,14,17,19H,3-5,8-10,13H2,(H,21,23)/t19-/m1/s1. The van der Waals surface area contributed by atoms with Gasteiger partial charge in [0.15, 0.2) is 0 Å². The van der Waals surface area contributed by atoms with Gasteiger partial charge in [0.05, 0.1) is 4.90 Å². The summed E-state index contributed by atoms with van der Waals surface area (Å²) < 4.78 is 27.7. The van der Waals surface area contributed by atoms with Crippen molar-refractivity contribution >= 4 is 26.7 Å². The first-order chi connectivity index (χ1) is 12.6. The van der Waals surface area contributed by atoms with Crippen molar-refractivity contribution in [3.8, 4) is 0 Å². The van der Waals surface area contributed by atoms with Gasteiger partial charge in [-0.15, -0.1) is 0 Å². The van der Waals surface area contributed by atoms with Crippen LogP contribution >= 0.6 is 0 Å². The molecule has 0 unspecified atom stereocenters. The molecule has 1 aliphatic heterocycles. The van der Waals surface area contributed by atoms with Crippen molar-refractivity contribution in [2.45, 2.75) is 55.5 Å². The number of nitrogens with one attached hydrogen (secondary N) is 1. The number of amides is 1. The van der Waals surface area contributed by atoms with Crippen molar-refractivity contribution < 1.29 is 13.2 Å². The predicted octanol–water partition coefficient (Wildman–Crippen LogP) is 3.05. The molecule has 4 rings (SSSR count). The highest BCUT2D eigenvalue weighted by atomic mass is 32.2. The van der Waals surface area contributed by atoms with Gasteiger partial charge in [0.2, 0.25) is 15.9 Å². The highest BCUT2D eigenvalue weighted by Crippen LogP contribution is 2.29. The van der Waals surface area contributed by atoms with Gasteiger partial charge in [-0.2, -0.15) is 4.31 Å². The number of carbonyl (C=O) groups excluding carboxylic acids is 1. The Kier molecular flexibility index (Phi) is 4.71. The third kappa shape index (κ3) is 3.23. The molecule has 0 spiro atoms. The number of hydrogen-bond acceptors (Lipinski definition) is 3. The highest BCUT2D eigenvalue weighted by molar-refractivity contribution is 7.89. The smallest absolute Gasteiger partial charge is 0.243 e. The highest BCUT2D eigenvalue weighted by Gasteiger charge is 2.40. The molecule has 0 bridgehead atoms. The van der Waals surface area contributed by atoms with E-state index in [2.05, 4.69) is 5.32 Å². The summed E-state index contributed by atoms with van der Waals surface area (Å²) in [6, 6.07) is 12.5. The zero-order valence-corrected chi connectivity index (χ0v) is 15.5. The van der Waals surface area contributed by atoms with Crippen molar-refractivity contribution in [3.05, 3.63) is 42.5 Å². The SMILES string of the molecule is O=C(NC1CCCC1)[C@H]1CCCN1S(=O)(=O)c1ccc2ccccc2c1. The molecule has 1 aliphatic carbocycles. The normalized spacial score (nSPS) is 22.1. The lowest BCUT2D eigenvalue weighted by atomic mass is 10.1. The molecule has 1 N–H and O–H groups in total. The number of rotatable bonds is 4. The number of nitrogens with zero attached hydrogens (tertiary/aromatic N) is 1. The van der Waals surface area contributed by atoms with E-state index in [0.717, 1.165) is 42.9 Å². The van der Waals surface area contributed by atoms with E-state index in [-0.39, 0.29) is 16.8 Å². The van der Waals surface area contributed by atoms with Crippen LogP contribution < -0.4 is 5.32 Å². The van der Waals surface area contributed by atoms with E-state index < -0.39 is 16.1 Å². The van der Waals surface area contributed by atoms with Crippen LogP contribution in [0.15, 0.2) is 47.4 Å². The number of benzene rings is 2. The van der Waals surface area contributed by atoms with E-state index in [1.54, 1.807) is 12.1 Å². The van der Waals surface area contributed by atoms with Gasteiger partial charge in [-0.1, -0.05) is 43.2 Å². The Bertz CT molecular complexity index is 920. The second-order valence-corrected chi connectivity index (χ2v) is 9.16. The largest absolute Gasteiger partial charge is 0.352 e. The van der Waals surface area contributed by atoms with E-state index in [9.17, 15) is 13.2 Å². The maximum Gasteiger partial charge on any atom is 0.243 e. The molecule has 2 aromatic rings. The number of hydrogen-bond donors (Lipinski definition) is 1. The fourth-order valence-electron chi connectivity index (χ4n) is 4.12. The van der Waals surface area contributed by atoms with E-state index >= 15 is 0 Å². The summed E-state index contributed by atoms with van der Waals surface area (Å²) in [6.45, 7) is 0.401. The molecule has 0 radical (unpaired) electrons. The predicted molar refractivity (Wildman–Crippen MR) is 101 cm³/mol. The molecular weight excluding hydrogens is 348 g/mol. The first kappa shape index (κ1) is 17.5. The summed E-state index contributed by atoms with van der Waals surface area (Å²) in [7, 11) is -3.69. The minimum atomic E-state index is -3.69. The Hall–Kier alpha value is -1.92. The monoisotopic (exact) mass is 372 g/mol. The summed E-state index contributed by atoms with van der Waals surface area (Å²) in [5.41, 5.74) is 0. The Morgan fingerprint density at radius 2 is 1.69 bits per heavy atom. The van der Waals surface area contributed by atoms with Crippen LogP contribution in [0.2, 0.25) is 0 Å². The summed E-state index contributed by atoms with van der Waals surface area (Å²) >= 11 is 0. The van der Waals surface area contributed by atoms with E-state index in [0.29, 0.717) is 13.0 Å². The maximum atomic E-state index is 13.2.